The number of carbonyl (C=O) groups is 1. The molecule has 4 N–H and O–H groups in total. The Morgan fingerprint density at radius 3 is 2.60 bits per heavy atom. The van der Waals surface area contributed by atoms with E-state index in [1.165, 1.54) is 12.1 Å². The number of hydrogen-bond acceptors (Lipinski definition) is 3. The SMILES string of the molecule is NC(=O)c1ccc(COc2ccc(Br)cc2N)c(F)c1. The summed E-state index contributed by atoms with van der Waals surface area (Å²) in [6.07, 6.45) is 0. The van der Waals surface area contributed by atoms with Crippen LogP contribution in [0, 0.1) is 5.82 Å². The van der Waals surface area contributed by atoms with Crippen LogP contribution in [-0.2, 0) is 6.61 Å². The number of amides is 1. The fourth-order valence-electron chi connectivity index (χ4n) is 1.62. The standard InChI is InChI=1S/C14H12BrFN2O2/c15-10-3-4-13(12(17)6-10)20-7-9-2-1-8(14(18)19)5-11(9)16/h1-6H,7,17H2,(H2,18,19). The molecule has 0 spiro atoms. The number of halogens is 2. The number of primary amides is 1. The van der Waals surface area contributed by atoms with Gasteiger partial charge in [0.15, 0.2) is 0 Å². The van der Waals surface area contributed by atoms with Crippen LogP contribution < -0.4 is 16.2 Å². The molecule has 0 bridgehead atoms. The van der Waals surface area contributed by atoms with Crippen LogP contribution in [0.3, 0.4) is 0 Å². The van der Waals surface area contributed by atoms with Gasteiger partial charge in [-0.1, -0.05) is 22.0 Å². The fraction of sp³-hybridized carbons (Fsp3) is 0.0714. The van der Waals surface area contributed by atoms with E-state index in [0.717, 1.165) is 10.5 Å². The average Bonchev–Trinajstić information content (AvgIpc) is 2.38. The fourth-order valence-corrected chi connectivity index (χ4v) is 2.00. The van der Waals surface area contributed by atoms with Gasteiger partial charge in [0, 0.05) is 15.6 Å². The Labute approximate surface area is 123 Å². The summed E-state index contributed by atoms with van der Waals surface area (Å²) >= 11 is 3.29. The first-order valence-electron chi connectivity index (χ1n) is 5.73. The molecule has 6 heteroatoms. The Balaban J connectivity index is 2.13. The number of nitrogen functional groups attached to an aromatic ring is 1. The molecule has 0 unspecified atom stereocenters. The molecule has 20 heavy (non-hydrogen) atoms. The topological polar surface area (TPSA) is 78.3 Å². The third kappa shape index (κ3) is 3.27. The van der Waals surface area contributed by atoms with Crippen molar-refractivity contribution in [1.29, 1.82) is 0 Å². The summed E-state index contributed by atoms with van der Waals surface area (Å²) in [4.78, 5) is 10.9. The summed E-state index contributed by atoms with van der Waals surface area (Å²) in [5.74, 6) is -0.753. The normalized spacial score (nSPS) is 10.3. The van der Waals surface area contributed by atoms with Gasteiger partial charge in [0.1, 0.15) is 18.2 Å². The van der Waals surface area contributed by atoms with E-state index in [-0.39, 0.29) is 12.2 Å². The van der Waals surface area contributed by atoms with Crippen molar-refractivity contribution in [2.45, 2.75) is 6.61 Å². The highest BCUT2D eigenvalue weighted by molar-refractivity contribution is 9.10. The lowest BCUT2D eigenvalue weighted by atomic mass is 10.1. The molecule has 1 amide bonds. The monoisotopic (exact) mass is 338 g/mol. The van der Waals surface area contributed by atoms with E-state index in [2.05, 4.69) is 15.9 Å². The van der Waals surface area contributed by atoms with Gasteiger partial charge in [0.2, 0.25) is 5.91 Å². The molecule has 2 aromatic carbocycles. The maximum atomic E-state index is 13.8. The number of ether oxygens (including phenoxy) is 1. The van der Waals surface area contributed by atoms with E-state index in [0.29, 0.717) is 17.0 Å². The lowest BCUT2D eigenvalue weighted by molar-refractivity contribution is 0.0999. The van der Waals surface area contributed by atoms with Crippen molar-refractivity contribution >= 4 is 27.5 Å². The molecule has 0 atom stereocenters. The lowest BCUT2D eigenvalue weighted by Gasteiger charge is -2.10. The van der Waals surface area contributed by atoms with Gasteiger partial charge in [-0.3, -0.25) is 4.79 Å². The summed E-state index contributed by atoms with van der Waals surface area (Å²) in [6.45, 7) is 0.0106. The van der Waals surface area contributed by atoms with E-state index in [1.807, 2.05) is 0 Å². The van der Waals surface area contributed by atoms with Crippen molar-refractivity contribution in [3.05, 3.63) is 57.8 Å². The second-order valence-corrected chi connectivity index (χ2v) is 5.06. The van der Waals surface area contributed by atoms with Crippen molar-refractivity contribution in [3.63, 3.8) is 0 Å². The molecule has 0 aliphatic heterocycles. The summed E-state index contributed by atoms with van der Waals surface area (Å²) < 4.78 is 20.0. The van der Waals surface area contributed by atoms with E-state index in [4.69, 9.17) is 16.2 Å². The third-order valence-electron chi connectivity index (χ3n) is 2.69. The highest BCUT2D eigenvalue weighted by atomic mass is 79.9. The first-order valence-corrected chi connectivity index (χ1v) is 6.52. The van der Waals surface area contributed by atoms with Gasteiger partial charge in [0.25, 0.3) is 0 Å². The molecule has 0 heterocycles. The van der Waals surface area contributed by atoms with E-state index >= 15 is 0 Å². The van der Waals surface area contributed by atoms with Gasteiger partial charge in [0.05, 0.1) is 5.69 Å². The summed E-state index contributed by atoms with van der Waals surface area (Å²) in [5.41, 5.74) is 11.7. The Morgan fingerprint density at radius 1 is 1.25 bits per heavy atom. The van der Waals surface area contributed by atoms with E-state index in [9.17, 15) is 9.18 Å². The Kier molecular flexibility index (Phi) is 4.24. The zero-order chi connectivity index (χ0) is 14.7. The molecule has 0 fully saturated rings. The third-order valence-corrected chi connectivity index (χ3v) is 3.19. The minimum Gasteiger partial charge on any atom is -0.487 e. The van der Waals surface area contributed by atoms with Gasteiger partial charge in [-0.05, 0) is 30.3 Å². The van der Waals surface area contributed by atoms with Crippen LogP contribution in [0.5, 0.6) is 5.75 Å². The smallest absolute Gasteiger partial charge is 0.248 e. The van der Waals surface area contributed by atoms with Crippen LogP contribution in [0.1, 0.15) is 15.9 Å². The molecular weight excluding hydrogens is 327 g/mol. The predicted octanol–water partition coefficient (Wildman–Crippen LogP) is 2.85. The number of carbonyl (C=O) groups excluding carboxylic acids is 1. The molecule has 104 valence electrons. The van der Waals surface area contributed by atoms with Crippen LogP contribution >= 0.6 is 15.9 Å². The van der Waals surface area contributed by atoms with Crippen molar-refractivity contribution in [2.24, 2.45) is 5.73 Å². The molecule has 0 aliphatic rings. The molecule has 0 saturated carbocycles. The van der Waals surface area contributed by atoms with Crippen molar-refractivity contribution < 1.29 is 13.9 Å². The van der Waals surface area contributed by atoms with Crippen LogP contribution in [0.4, 0.5) is 10.1 Å². The van der Waals surface area contributed by atoms with Crippen LogP contribution in [0.15, 0.2) is 40.9 Å². The highest BCUT2D eigenvalue weighted by Gasteiger charge is 2.08. The molecule has 0 radical (unpaired) electrons. The van der Waals surface area contributed by atoms with Crippen molar-refractivity contribution in [3.8, 4) is 5.75 Å². The minimum atomic E-state index is -0.673. The van der Waals surface area contributed by atoms with Gasteiger partial charge in [-0.15, -0.1) is 0 Å². The zero-order valence-electron chi connectivity index (χ0n) is 10.4. The molecule has 4 nitrogen and oxygen atoms in total. The molecule has 2 rings (SSSR count). The quantitative estimate of drug-likeness (QED) is 0.841. The van der Waals surface area contributed by atoms with Crippen LogP contribution in [0.25, 0.3) is 0 Å². The molecule has 0 aromatic heterocycles. The van der Waals surface area contributed by atoms with Crippen LogP contribution in [0.2, 0.25) is 0 Å². The van der Waals surface area contributed by atoms with Crippen molar-refractivity contribution in [2.75, 3.05) is 5.73 Å². The predicted molar refractivity (Wildman–Crippen MR) is 77.8 cm³/mol. The second-order valence-electron chi connectivity index (χ2n) is 4.14. The Morgan fingerprint density at radius 2 is 2.00 bits per heavy atom. The van der Waals surface area contributed by atoms with Gasteiger partial charge in [-0.2, -0.15) is 0 Å². The molecule has 2 aromatic rings. The summed E-state index contributed by atoms with van der Waals surface area (Å²) in [5, 5.41) is 0. The van der Waals surface area contributed by atoms with Crippen LogP contribution in [-0.4, -0.2) is 5.91 Å². The second kappa shape index (κ2) is 5.92. The molecular formula is C14H12BrFN2O2. The Hall–Kier alpha value is -2.08. The first kappa shape index (κ1) is 14.3. The molecule has 0 aliphatic carbocycles. The average molecular weight is 339 g/mol. The number of rotatable bonds is 4. The van der Waals surface area contributed by atoms with E-state index < -0.39 is 11.7 Å². The first-order chi connectivity index (χ1) is 9.47. The Bertz CT molecular complexity index is 662. The highest BCUT2D eigenvalue weighted by Crippen LogP contribution is 2.26. The number of hydrogen-bond donors (Lipinski definition) is 2. The van der Waals surface area contributed by atoms with E-state index in [1.54, 1.807) is 18.2 Å². The lowest BCUT2D eigenvalue weighted by Crippen LogP contribution is -2.12. The van der Waals surface area contributed by atoms with Gasteiger partial charge < -0.3 is 16.2 Å². The maximum absolute atomic E-state index is 13.8. The van der Waals surface area contributed by atoms with Crippen molar-refractivity contribution in [1.82, 2.24) is 0 Å². The minimum absolute atomic E-state index is 0.0106. The summed E-state index contributed by atoms with van der Waals surface area (Å²) in [6, 6.07) is 9.17. The number of benzene rings is 2. The maximum Gasteiger partial charge on any atom is 0.248 e. The van der Waals surface area contributed by atoms with Gasteiger partial charge in [-0.25, -0.2) is 4.39 Å². The zero-order valence-corrected chi connectivity index (χ0v) is 12.0. The summed E-state index contributed by atoms with van der Waals surface area (Å²) in [7, 11) is 0. The largest absolute Gasteiger partial charge is 0.487 e. The number of anilines is 1. The number of nitrogens with two attached hydrogens (primary N) is 2. The van der Waals surface area contributed by atoms with Gasteiger partial charge >= 0.3 is 0 Å². The molecule has 0 saturated heterocycles.